The van der Waals surface area contributed by atoms with Crippen LogP contribution in [0, 0.1) is 5.82 Å². The van der Waals surface area contributed by atoms with E-state index in [-0.39, 0.29) is 18.3 Å². The lowest BCUT2D eigenvalue weighted by Gasteiger charge is -2.10. The molecule has 1 aromatic heterocycles. The van der Waals surface area contributed by atoms with Crippen molar-refractivity contribution < 1.29 is 22.4 Å². The van der Waals surface area contributed by atoms with Crippen molar-refractivity contribution in [2.24, 2.45) is 5.14 Å². The van der Waals surface area contributed by atoms with E-state index in [9.17, 15) is 17.9 Å². The van der Waals surface area contributed by atoms with Gasteiger partial charge in [0.15, 0.2) is 5.76 Å². The fourth-order valence-electron chi connectivity index (χ4n) is 3.12. The fourth-order valence-corrected chi connectivity index (χ4v) is 3.71. The van der Waals surface area contributed by atoms with E-state index >= 15 is 0 Å². The van der Waals surface area contributed by atoms with E-state index in [0.717, 1.165) is 37.8 Å². The second kappa shape index (κ2) is 6.03. The van der Waals surface area contributed by atoms with E-state index < -0.39 is 20.7 Å². The van der Waals surface area contributed by atoms with Crippen molar-refractivity contribution in [2.75, 3.05) is 0 Å². The molecule has 1 aromatic carbocycles. The van der Waals surface area contributed by atoms with Gasteiger partial charge in [0.25, 0.3) is 0 Å². The number of aliphatic hydroxyl groups is 1. The number of aliphatic hydroxyl groups excluding tert-OH is 1. The van der Waals surface area contributed by atoms with E-state index in [1.807, 2.05) is 0 Å². The Morgan fingerprint density at radius 1 is 1.35 bits per heavy atom. The summed E-state index contributed by atoms with van der Waals surface area (Å²) in [7, 11) is -4.12. The Balaban J connectivity index is 2.11. The number of hydrogen-bond acceptors (Lipinski definition) is 5. The molecule has 1 fully saturated rings. The van der Waals surface area contributed by atoms with Crippen molar-refractivity contribution in [1.29, 1.82) is 0 Å². The number of hydrogen-bond donors (Lipinski definition) is 2. The van der Waals surface area contributed by atoms with Crippen LogP contribution in [0.5, 0.6) is 0 Å². The summed E-state index contributed by atoms with van der Waals surface area (Å²) in [5.74, 6) is -0.489. The van der Waals surface area contributed by atoms with Gasteiger partial charge in [-0.15, -0.1) is 0 Å². The zero-order valence-corrected chi connectivity index (χ0v) is 13.1. The van der Waals surface area contributed by atoms with E-state index in [1.165, 1.54) is 6.07 Å². The van der Waals surface area contributed by atoms with Crippen LogP contribution < -0.4 is 5.14 Å². The minimum absolute atomic E-state index is 0.204. The second-order valence-electron chi connectivity index (χ2n) is 5.70. The molecule has 124 valence electrons. The highest BCUT2D eigenvalue weighted by molar-refractivity contribution is 7.89. The summed E-state index contributed by atoms with van der Waals surface area (Å²) in [5, 5.41) is 18.5. The number of rotatable bonds is 4. The monoisotopic (exact) mass is 340 g/mol. The van der Waals surface area contributed by atoms with Crippen molar-refractivity contribution in [2.45, 2.75) is 43.1 Å². The molecule has 3 N–H and O–H groups in total. The standard InChI is InChI=1S/C15H17FN2O4S/c16-11-7-10(5-6-13(11)23(17,20)21)14-12(8-19)22-18-15(14)9-3-1-2-4-9/h5-7,9,19H,1-4,8H2,(H2,17,20,21). The van der Waals surface area contributed by atoms with Gasteiger partial charge in [-0.3, -0.25) is 0 Å². The molecule has 1 aliphatic carbocycles. The largest absolute Gasteiger partial charge is 0.388 e. The van der Waals surface area contributed by atoms with Crippen LogP contribution in [-0.2, 0) is 16.6 Å². The number of aromatic nitrogens is 1. The maximum Gasteiger partial charge on any atom is 0.240 e. The molecular weight excluding hydrogens is 323 g/mol. The Kier molecular flexibility index (Phi) is 4.22. The Morgan fingerprint density at radius 2 is 2.04 bits per heavy atom. The summed E-state index contributed by atoms with van der Waals surface area (Å²) >= 11 is 0. The normalized spacial score (nSPS) is 16.1. The predicted octanol–water partition coefficient (Wildman–Crippen LogP) is 2.28. The summed E-state index contributed by atoms with van der Waals surface area (Å²) < 4.78 is 41.9. The Hall–Kier alpha value is -1.77. The lowest BCUT2D eigenvalue weighted by atomic mass is 9.94. The van der Waals surface area contributed by atoms with Gasteiger partial charge >= 0.3 is 0 Å². The maximum absolute atomic E-state index is 14.1. The van der Waals surface area contributed by atoms with Crippen LogP contribution in [0.4, 0.5) is 4.39 Å². The Morgan fingerprint density at radius 3 is 2.61 bits per heavy atom. The minimum Gasteiger partial charge on any atom is -0.388 e. The number of benzene rings is 1. The SMILES string of the molecule is NS(=O)(=O)c1ccc(-c2c(C3CCCC3)noc2CO)cc1F. The van der Waals surface area contributed by atoms with Crippen molar-refractivity contribution in [3.63, 3.8) is 0 Å². The highest BCUT2D eigenvalue weighted by Gasteiger charge is 2.27. The van der Waals surface area contributed by atoms with Crippen LogP contribution in [0.2, 0.25) is 0 Å². The number of primary sulfonamides is 1. The first kappa shape index (κ1) is 16.1. The molecule has 0 amide bonds. The van der Waals surface area contributed by atoms with Gasteiger partial charge in [-0.05, 0) is 30.5 Å². The van der Waals surface area contributed by atoms with Crippen LogP contribution in [0.3, 0.4) is 0 Å². The van der Waals surface area contributed by atoms with Crippen molar-refractivity contribution >= 4 is 10.0 Å². The van der Waals surface area contributed by atoms with Gasteiger partial charge in [-0.25, -0.2) is 17.9 Å². The smallest absolute Gasteiger partial charge is 0.240 e. The van der Waals surface area contributed by atoms with E-state index in [1.54, 1.807) is 0 Å². The molecule has 0 unspecified atom stereocenters. The summed E-state index contributed by atoms with van der Waals surface area (Å²) in [4.78, 5) is -0.564. The maximum atomic E-state index is 14.1. The summed E-state index contributed by atoms with van der Waals surface area (Å²) in [6.07, 6.45) is 4.10. The molecule has 6 nitrogen and oxygen atoms in total. The van der Waals surface area contributed by atoms with Gasteiger partial charge in [0.05, 0.1) is 11.3 Å². The minimum atomic E-state index is -4.12. The van der Waals surface area contributed by atoms with Crippen LogP contribution >= 0.6 is 0 Å². The summed E-state index contributed by atoms with van der Waals surface area (Å²) in [6.45, 7) is -0.367. The molecular formula is C15H17FN2O4S. The number of nitrogens with zero attached hydrogens (tertiary/aromatic N) is 1. The Bertz CT molecular complexity index is 826. The third-order valence-corrected chi connectivity index (χ3v) is 5.15. The highest BCUT2D eigenvalue weighted by atomic mass is 32.2. The van der Waals surface area contributed by atoms with E-state index in [0.29, 0.717) is 16.8 Å². The number of sulfonamides is 1. The predicted molar refractivity (Wildman–Crippen MR) is 80.4 cm³/mol. The molecule has 0 bridgehead atoms. The number of nitrogens with two attached hydrogens (primary N) is 1. The molecule has 2 aromatic rings. The molecule has 0 aliphatic heterocycles. The molecule has 1 heterocycles. The van der Waals surface area contributed by atoms with Crippen LogP contribution in [-0.4, -0.2) is 18.7 Å². The first-order valence-electron chi connectivity index (χ1n) is 7.34. The molecule has 0 atom stereocenters. The third-order valence-electron chi connectivity index (χ3n) is 4.20. The van der Waals surface area contributed by atoms with Gasteiger partial charge in [-0.2, -0.15) is 0 Å². The van der Waals surface area contributed by atoms with Crippen molar-refractivity contribution in [3.8, 4) is 11.1 Å². The number of halogens is 1. The zero-order chi connectivity index (χ0) is 16.6. The molecule has 0 saturated heterocycles. The molecule has 3 rings (SSSR count). The zero-order valence-electron chi connectivity index (χ0n) is 12.3. The van der Waals surface area contributed by atoms with Gasteiger partial charge in [0, 0.05) is 5.92 Å². The molecule has 1 saturated carbocycles. The first-order chi connectivity index (χ1) is 10.9. The molecule has 8 heteroatoms. The lowest BCUT2D eigenvalue weighted by molar-refractivity contribution is 0.228. The van der Waals surface area contributed by atoms with Gasteiger partial charge in [-0.1, -0.05) is 24.1 Å². The second-order valence-corrected chi connectivity index (χ2v) is 7.23. The van der Waals surface area contributed by atoms with Gasteiger partial charge in [0.1, 0.15) is 17.3 Å². The molecule has 1 aliphatic rings. The van der Waals surface area contributed by atoms with Crippen molar-refractivity contribution in [3.05, 3.63) is 35.5 Å². The fraction of sp³-hybridized carbons (Fsp3) is 0.400. The lowest BCUT2D eigenvalue weighted by Crippen LogP contribution is -2.14. The molecule has 0 spiro atoms. The highest BCUT2D eigenvalue weighted by Crippen LogP contribution is 2.40. The van der Waals surface area contributed by atoms with Crippen LogP contribution in [0.15, 0.2) is 27.6 Å². The van der Waals surface area contributed by atoms with E-state index in [4.69, 9.17) is 9.66 Å². The Labute approximate surface area is 133 Å². The molecule has 23 heavy (non-hydrogen) atoms. The van der Waals surface area contributed by atoms with Crippen LogP contribution in [0.25, 0.3) is 11.1 Å². The topological polar surface area (TPSA) is 106 Å². The van der Waals surface area contributed by atoms with E-state index in [2.05, 4.69) is 5.16 Å². The summed E-state index contributed by atoms with van der Waals surface area (Å²) in [5.41, 5.74) is 1.65. The van der Waals surface area contributed by atoms with Gasteiger partial charge < -0.3 is 9.63 Å². The third kappa shape index (κ3) is 3.01. The average molecular weight is 340 g/mol. The average Bonchev–Trinajstić information content (AvgIpc) is 3.14. The van der Waals surface area contributed by atoms with Gasteiger partial charge in [0.2, 0.25) is 10.0 Å². The summed E-state index contributed by atoms with van der Waals surface area (Å²) in [6, 6.07) is 3.66. The van der Waals surface area contributed by atoms with Crippen molar-refractivity contribution in [1.82, 2.24) is 5.16 Å². The first-order valence-corrected chi connectivity index (χ1v) is 8.88. The van der Waals surface area contributed by atoms with Crippen LogP contribution in [0.1, 0.15) is 43.1 Å². The molecule has 0 radical (unpaired) electrons. The quantitative estimate of drug-likeness (QED) is 0.888.